The number of amidine groups is 1. The Hall–Kier alpha value is -2.63. The third kappa shape index (κ3) is 3.17. The van der Waals surface area contributed by atoms with E-state index in [4.69, 9.17) is 5.73 Å². The summed E-state index contributed by atoms with van der Waals surface area (Å²) in [5.74, 6) is -2.46. The summed E-state index contributed by atoms with van der Waals surface area (Å²) in [6.07, 6.45) is 2.77. The number of hydrogen-bond donors (Lipinski definition) is 2. The monoisotopic (exact) mass is 502 g/mol. The lowest BCUT2D eigenvalue weighted by Gasteiger charge is -2.45. The Bertz CT molecular complexity index is 1340. The van der Waals surface area contributed by atoms with Crippen LogP contribution in [-0.2, 0) is 32.7 Å². The fraction of sp³-hybridized carbons (Fsp3) is 0.435. The van der Waals surface area contributed by atoms with E-state index >= 15 is 0 Å². The van der Waals surface area contributed by atoms with Gasteiger partial charge in [-0.3, -0.25) is 9.59 Å². The Morgan fingerprint density at radius 3 is 2.65 bits per heavy atom. The molecule has 2 aliphatic carbocycles. The minimum Gasteiger partial charge on any atom is -0.333 e. The van der Waals surface area contributed by atoms with Crippen LogP contribution >= 0.6 is 11.3 Å². The van der Waals surface area contributed by atoms with Crippen LogP contribution in [0.1, 0.15) is 30.4 Å². The Morgan fingerprint density at radius 1 is 1.18 bits per heavy atom. The van der Waals surface area contributed by atoms with Crippen molar-refractivity contribution in [2.24, 2.45) is 33.8 Å². The molecule has 2 aromatic rings. The maximum atomic E-state index is 13.8. The molecule has 3 fully saturated rings. The zero-order chi connectivity index (χ0) is 23.8. The molecule has 2 saturated carbocycles. The molecule has 34 heavy (non-hydrogen) atoms. The summed E-state index contributed by atoms with van der Waals surface area (Å²) in [7, 11) is -4.11. The molecule has 3 N–H and O–H groups in total. The number of Topliss-reactive ketones (excluding diaryl/α,β-unsaturated/α-hetero) is 1. The van der Waals surface area contributed by atoms with Crippen molar-refractivity contribution in [3.05, 3.63) is 46.6 Å². The minimum absolute atomic E-state index is 0.0143. The van der Waals surface area contributed by atoms with Crippen LogP contribution < -0.4 is 11.1 Å². The largest absolute Gasteiger partial charge is 0.333 e. The highest BCUT2D eigenvalue weighted by atomic mass is 32.2. The van der Waals surface area contributed by atoms with Crippen LogP contribution in [0.5, 0.6) is 0 Å². The second-order valence-corrected chi connectivity index (χ2v) is 11.9. The molecule has 5 atom stereocenters. The number of sulfonamides is 1. The number of amides is 1. The van der Waals surface area contributed by atoms with E-state index in [9.17, 15) is 22.4 Å². The number of rotatable bonds is 4. The summed E-state index contributed by atoms with van der Waals surface area (Å²) in [4.78, 5) is 29.2. The quantitative estimate of drug-likeness (QED) is 0.620. The normalized spacial score (nSPS) is 31.2. The van der Waals surface area contributed by atoms with Gasteiger partial charge >= 0.3 is 0 Å². The number of nitrogens with one attached hydrogen (secondary N) is 1. The number of nitrogens with two attached hydrogens (primary N) is 1. The van der Waals surface area contributed by atoms with E-state index in [1.807, 2.05) is 0 Å². The highest BCUT2D eigenvalue weighted by Gasteiger charge is 2.60. The smallest absolute Gasteiger partial charge is 0.287 e. The number of fused-ring (bicyclic) bond motifs is 6. The van der Waals surface area contributed by atoms with Gasteiger partial charge < -0.3 is 16.0 Å². The minimum atomic E-state index is -4.11. The topological polar surface area (TPSA) is 122 Å². The first-order valence-corrected chi connectivity index (χ1v) is 13.6. The number of nitrogens with zero attached hydrogens (tertiary/aromatic N) is 2. The molecule has 0 radical (unpaired) electrons. The second-order valence-electron chi connectivity index (χ2n) is 9.48. The van der Waals surface area contributed by atoms with Gasteiger partial charge in [-0.05, 0) is 59.7 Å². The number of ketones is 1. The molecule has 4 aliphatic rings. The van der Waals surface area contributed by atoms with Crippen molar-refractivity contribution in [1.29, 1.82) is 0 Å². The third-order valence-corrected chi connectivity index (χ3v) is 10.2. The van der Waals surface area contributed by atoms with Gasteiger partial charge in [-0.15, -0.1) is 15.7 Å². The lowest BCUT2D eigenvalue weighted by molar-refractivity contribution is -0.153. The van der Waals surface area contributed by atoms with Gasteiger partial charge in [0.05, 0.1) is 0 Å². The van der Waals surface area contributed by atoms with Gasteiger partial charge in [0, 0.05) is 25.0 Å². The SMILES string of the molecule is NCc1csc2c1S(=O)(=O)N=C(C1C(=O)[C@@H]3[C@H]4CC[C@H](C4)[C@@H]3N(Cc3ccc(F)cc3)C1=O)N2. The van der Waals surface area contributed by atoms with Gasteiger partial charge in [-0.1, -0.05) is 12.1 Å². The van der Waals surface area contributed by atoms with Crippen molar-refractivity contribution in [2.45, 2.75) is 43.3 Å². The summed E-state index contributed by atoms with van der Waals surface area (Å²) in [6, 6.07) is 5.73. The zero-order valence-electron chi connectivity index (χ0n) is 18.1. The van der Waals surface area contributed by atoms with E-state index in [2.05, 4.69) is 9.71 Å². The molecule has 1 aromatic carbocycles. The van der Waals surface area contributed by atoms with Crippen LogP contribution in [0.2, 0.25) is 0 Å². The fourth-order valence-corrected chi connectivity index (χ4v) is 8.96. The maximum absolute atomic E-state index is 13.8. The van der Waals surface area contributed by atoms with Crippen LogP contribution in [0.4, 0.5) is 9.39 Å². The van der Waals surface area contributed by atoms with Gasteiger partial charge in [-0.25, -0.2) is 4.39 Å². The summed E-state index contributed by atoms with van der Waals surface area (Å²) in [5.41, 5.74) is 6.88. The van der Waals surface area contributed by atoms with E-state index in [0.717, 1.165) is 36.2 Å². The average Bonchev–Trinajstić information content (AvgIpc) is 3.52. The predicted octanol–water partition coefficient (Wildman–Crippen LogP) is 2.50. The molecule has 3 heterocycles. The zero-order valence-corrected chi connectivity index (χ0v) is 19.7. The van der Waals surface area contributed by atoms with E-state index in [1.54, 1.807) is 22.4 Å². The van der Waals surface area contributed by atoms with E-state index in [0.29, 0.717) is 10.6 Å². The number of piperidine rings is 1. The van der Waals surface area contributed by atoms with E-state index < -0.39 is 21.8 Å². The first-order valence-electron chi connectivity index (χ1n) is 11.3. The lowest BCUT2D eigenvalue weighted by Crippen LogP contribution is -2.61. The number of anilines is 1. The van der Waals surface area contributed by atoms with Gasteiger partial charge in [0.15, 0.2) is 11.7 Å². The van der Waals surface area contributed by atoms with Crippen LogP contribution in [0.3, 0.4) is 0 Å². The molecule has 6 rings (SSSR count). The molecule has 11 heteroatoms. The molecule has 178 valence electrons. The standard InChI is InChI=1S/C23H23FN4O4S2/c24-15-5-1-11(2-6-15)9-28-18-13-4-3-12(7-13)16(18)19(29)17(23(28)30)21-26-22-20(34(31,32)27-21)14(8-25)10-33-22/h1-2,5-6,10,12-13,16-18H,3-4,7-9,25H2,(H,26,27)/t12-,13+,16+,17?,18-/m0/s1. The van der Waals surface area contributed by atoms with Crippen molar-refractivity contribution in [2.75, 3.05) is 5.32 Å². The van der Waals surface area contributed by atoms with Crippen molar-refractivity contribution >= 4 is 43.9 Å². The van der Waals surface area contributed by atoms with Crippen molar-refractivity contribution < 1.29 is 22.4 Å². The molecule has 1 amide bonds. The van der Waals surface area contributed by atoms with E-state index in [1.165, 1.54) is 12.1 Å². The average molecular weight is 503 g/mol. The number of likely N-dealkylation sites (tertiary alicyclic amines) is 1. The summed E-state index contributed by atoms with van der Waals surface area (Å²) in [6.45, 7) is 0.270. The molecule has 2 aliphatic heterocycles. The summed E-state index contributed by atoms with van der Waals surface area (Å²) >= 11 is 1.16. The first-order chi connectivity index (χ1) is 16.3. The van der Waals surface area contributed by atoms with Crippen LogP contribution in [0.25, 0.3) is 0 Å². The third-order valence-electron chi connectivity index (χ3n) is 7.67. The van der Waals surface area contributed by atoms with Crippen LogP contribution in [-0.4, -0.2) is 36.9 Å². The number of thiophene rings is 1. The molecule has 2 bridgehead atoms. The van der Waals surface area contributed by atoms with Crippen LogP contribution in [0, 0.1) is 29.5 Å². The number of halogens is 1. The van der Waals surface area contributed by atoms with Crippen molar-refractivity contribution in [1.82, 2.24) is 4.90 Å². The molecular weight excluding hydrogens is 479 g/mol. The van der Waals surface area contributed by atoms with Gasteiger partial charge in [0.25, 0.3) is 10.0 Å². The molecule has 8 nitrogen and oxygen atoms in total. The maximum Gasteiger partial charge on any atom is 0.287 e. The Kier molecular flexibility index (Phi) is 4.95. The van der Waals surface area contributed by atoms with Crippen LogP contribution in [0.15, 0.2) is 38.9 Å². The van der Waals surface area contributed by atoms with Crippen molar-refractivity contribution in [3.63, 3.8) is 0 Å². The Morgan fingerprint density at radius 2 is 1.91 bits per heavy atom. The predicted molar refractivity (Wildman–Crippen MR) is 124 cm³/mol. The second kappa shape index (κ2) is 7.69. The highest BCUT2D eigenvalue weighted by molar-refractivity contribution is 7.90. The Balaban J connectivity index is 1.40. The number of benzene rings is 1. The van der Waals surface area contributed by atoms with Gasteiger partial charge in [0.2, 0.25) is 5.91 Å². The van der Waals surface area contributed by atoms with Gasteiger partial charge in [-0.2, -0.15) is 8.42 Å². The van der Waals surface area contributed by atoms with Crippen molar-refractivity contribution in [3.8, 4) is 0 Å². The first kappa shape index (κ1) is 21.9. The number of hydrogen-bond acceptors (Lipinski definition) is 7. The molecule has 0 spiro atoms. The summed E-state index contributed by atoms with van der Waals surface area (Å²) < 4.78 is 43.3. The number of carbonyl (C=O) groups excluding carboxylic acids is 2. The highest BCUT2D eigenvalue weighted by Crippen LogP contribution is 2.54. The number of carbonyl (C=O) groups is 2. The fourth-order valence-electron chi connectivity index (χ4n) is 6.29. The molecule has 1 saturated heterocycles. The molecule has 1 unspecified atom stereocenters. The van der Waals surface area contributed by atoms with Gasteiger partial charge in [0.1, 0.15) is 21.5 Å². The van der Waals surface area contributed by atoms with E-state index in [-0.39, 0.29) is 59.2 Å². The molecule has 1 aromatic heterocycles. The molecular formula is C23H23FN4O4S2. The summed E-state index contributed by atoms with van der Waals surface area (Å²) in [5, 5.41) is 4.94. The lowest BCUT2D eigenvalue weighted by atomic mass is 9.73. The Labute approximate surface area is 200 Å².